The fourth-order valence-electron chi connectivity index (χ4n) is 2.20. The van der Waals surface area contributed by atoms with Crippen LogP contribution in [0.25, 0.3) is 6.08 Å². The Morgan fingerprint density at radius 1 is 1.15 bits per heavy atom. The van der Waals surface area contributed by atoms with Crippen molar-refractivity contribution >= 4 is 12.0 Å². The molecule has 0 aliphatic carbocycles. The molecule has 0 atom stereocenters. The Morgan fingerprint density at radius 2 is 1.90 bits per heavy atom. The molecule has 0 amide bonds. The summed E-state index contributed by atoms with van der Waals surface area (Å²) in [6.45, 7) is 2.14. The summed E-state index contributed by atoms with van der Waals surface area (Å²) < 4.78 is 5.15. The molecular weight excluding hydrogens is 252 g/mol. The molecule has 0 saturated heterocycles. The predicted octanol–water partition coefficient (Wildman–Crippen LogP) is 4.37. The van der Waals surface area contributed by atoms with E-state index >= 15 is 0 Å². The molecule has 0 aromatic heterocycles. The van der Waals surface area contributed by atoms with E-state index in [4.69, 9.17) is 4.74 Å². The van der Waals surface area contributed by atoms with E-state index in [1.165, 1.54) is 0 Å². The molecule has 1 N–H and O–H groups in total. The maximum Gasteiger partial charge on any atom is 0.343 e. The van der Waals surface area contributed by atoms with E-state index < -0.39 is 5.97 Å². The lowest BCUT2D eigenvalue weighted by atomic mass is 10.1. The van der Waals surface area contributed by atoms with Gasteiger partial charge in [0.1, 0.15) is 0 Å². The highest BCUT2D eigenvalue weighted by atomic mass is 16.6. The van der Waals surface area contributed by atoms with Gasteiger partial charge in [-0.1, -0.05) is 56.5 Å². The van der Waals surface area contributed by atoms with Crippen LogP contribution < -0.4 is 0 Å². The van der Waals surface area contributed by atoms with Gasteiger partial charge in [0.2, 0.25) is 0 Å². The van der Waals surface area contributed by atoms with E-state index in [-0.39, 0.29) is 11.5 Å². The number of hydrogen-bond acceptors (Lipinski definition) is 3. The Bertz CT molecular complexity index is 526. The number of aliphatic hydroxyl groups excluding tert-OH is 1. The summed E-state index contributed by atoms with van der Waals surface area (Å²) in [5.74, 6) is -0.164. The zero-order valence-corrected chi connectivity index (χ0v) is 11.8. The van der Waals surface area contributed by atoms with Crippen LogP contribution in [0.15, 0.2) is 47.4 Å². The van der Waals surface area contributed by atoms with Crippen molar-refractivity contribution in [3.63, 3.8) is 0 Å². The van der Waals surface area contributed by atoms with Crippen molar-refractivity contribution in [3.8, 4) is 0 Å². The van der Waals surface area contributed by atoms with Gasteiger partial charge >= 0.3 is 5.97 Å². The molecule has 0 spiro atoms. The van der Waals surface area contributed by atoms with Crippen molar-refractivity contribution in [2.45, 2.75) is 39.0 Å². The average molecular weight is 272 g/mol. The predicted molar refractivity (Wildman–Crippen MR) is 78.9 cm³/mol. The molecule has 3 nitrogen and oxygen atoms in total. The highest BCUT2D eigenvalue weighted by molar-refractivity contribution is 5.94. The van der Waals surface area contributed by atoms with Gasteiger partial charge < -0.3 is 9.84 Å². The average Bonchev–Trinajstić information content (AvgIpc) is 2.72. The quantitative estimate of drug-likeness (QED) is 0.618. The molecule has 1 aromatic rings. The zero-order valence-electron chi connectivity index (χ0n) is 11.8. The zero-order chi connectivity index (χ0) is 14.4. The molecule has 20 heavy (non-hydrogen) atoms. The minimum Gasteiger partial charge on any atom is -0.504 e. The molecule has 0 fully saturated rings. The lowest BCUT2D eigenvalue weighted by Crippen LogP contribution is -1.99. The smallest absolute Gasteiger partial charge is 0.343 e. The van der Waals surface area contributed by atoms with Crippen LogP contribution in [0.4, 0.5) is 0 Å². The third kappa shape index (κ3) is 3.50. The van der Waals surface area contributed by atoms with Gasteiger partial charge in [-0.25, -0.2) is 4.79 Å². The Morgan fingerprint density at radius 3 is 2.60 bits per heavy atom. The van der Waals surface area contributed by atoms with E-state index in [0.29, 0.717) is 12.0 Å². The van der Waals surface area contributed by atoms with Crippen LogP contribution in [0.2, 0.25) is 0 Å². The maximum absolute atomic E-state index is 11.8. The second kappa shape index (κ2) is 6.94. The van der Waals surface area contributed by atoms with Gasteiger partial charge in [-0.05, 0) is 24.5 Å². The summed E-state index contributed by atoms with van der Waals surface area (Å²) in [4.78, 5) is 11.8. The van der Waals surface area contributed by atoms with Gasteiger partial charge in [0, 0.05) is 0 Å². The van der Waals surface area contributed by atoms with Gasteiger partial charge in [-0.15, -0.1) is 0 Å². The van der Waals surface area contributed by atoms with Crippen LogP contribution >= 0.6 is 0 Å². The summed E-state index contributed by atoms with van der Waals surface area (Å²) in [5.41, 5.74) is 1.30. The maximum atomic E-state index is 11.8. The number of esters is 1. The third-order valence-corrected chi connectivity index (χ3v) is 3.35. The van der Waals surface area contributed by atoms with Crippen LogP contribution in [0, 0.1) is 0 Å². The monoisotopic (exact) mass is 272 g/mol. The molecular formula is C17H20O3. The third-order valence-electron chi connectivity index (χ3n) is 3.35. The first kappa shape index (κ1) is 14.4. The molecule has 1 aliphatic heterocycles. The Balaban J connectivity index is 2.08. The number of carbonyl (C=O) groups excluding carboxylic acids is 1. The Kier molecular flexibility index (Phi) is 4.99. The first-order valence-electron chi connectivity index (χ1n) is 7.13. The summed E-state index contributed by atoms with van der Waals surface area (Å²) in [7, 11) is 0. The summed E-state index contributed by atoms with van der Waals surface area (Å²) >= 11 is 0. The van der Waals surface area contributed by atoms with Gasteiger partial charge in [0.25, 0.3) is 0 Å². The van der Waals surface area contributed by atoms with Crippen molar-refractivity contribution in [1.29, 1.82) is 0 Å². The van der Waals surface area contributed by atoms with E-state index in [1.807, 2.05) is 30.3 Å². The van der Waals surface area contributed by atoms with Crippen molar-refractivity contribution in [2.75, 3.05) is 0 Å². The summed E-state index contributed by atoms with van der Waals surface area (Å²) in [5, 5.41) is 10.1. The molecule has 1 aliphatic rings. The first-order valence-corrected chi connectivity index (χ1v) is 7.13. The number of aliphatic hydroxyl groups is 1. The number of unbranched alkanes of at least 4 members (excludes halogenated alkanes) is 3. The molecule has 0 unspecified atom stereocenters. The van der Waals surface area contributed by atoms with Crippen LogP contribution in [0.3, 0.4) is 0 Å². The molecule has 3 heteroatoms. The van der Waals surface area contributed by atoms with Gasteiger partial charge in [-0.3, -0.25) is 0 Å². The number of benzene rings is 1. The normalized spacial score (nSPS) is 16.9. The lowest BCUT2D eigenvalue weighted by Gasteiger charge is -1.98. The molecule has 0 saturated carbocycles. The molecule has 106 valence electrons. The number of ether oxygens (including phenoxy) is 1. The Labute approximate surface area is 119 Å². The number of hydrogen-bond donors (Lipinski definition) is 1. The van der Waals surface area contributed by atoms with E-state index in [2.05, 4.69) is 6.92 Å². The van der Waals surface area contributed by atoms with E-state index in [9.17, 15) is 9.90 Å². The van der Waals surface area contributed by atoms with Crippen molar-refractivity contribution in [2.24, 2.45) is 0 Å². The van der Waals surface area contributed by atoms with E-state index in [0.717, 1.165) is 31.2 Å². The first-order chi connectivity index (χ1) is 9.72. The van der Waals surface area contributed by atoms with Crippen molar-refractivity contribution < 1.29 is 14.6 Å². The summed E-state index contributed by atoms with van der Waals surface area (Å²) in [6.07, 6.45) is 6.53. The number of carbonyl (C=O) groups is 1. The fraction of sp³-hybridized carbons (Fsp3) is 0.353. The number of cyclic esters (lactones) is 1. The second-order valence-corrected chi connectivity index (χ2v) is 4.95. The molecule has 1 aromatic carbocycles. The van der Waals surface area contributed by atoms with Gasteiger partial charge in [0.15, 0.2) is 11.5 Å². The van der Waals surface area contributed by atoms with Gasteiger partial charge in [-0.2, -0.15) is 0 Å². The van der Waals surface area contributed by atoms with Crippen LogP contribution in [-0.4, -0.2) is 11.1 Å². The highest BCUT2D eigenvalue weighted by Gasteiger charge is 2.29. The molecule has 2 rings (SSSR count). The molecule has 0 radical (unpaired) electrons. The minimum atomic E-state index is -0.416. The largest absolute Gasteiger partial charge is 0.504 e. The highest BCUT2D eigenvalue weighted by Crippen LogP contribution is 2.29. The topological polar surface area (TPSA) is 46.5 Å². The lowest BCUT2D eigenvalue weighted by molar-refractivity contribution is -0.133. The van der Waals surface area contributed by atoms with Crippen molar-refractivity contribution in [1.82, 2.24) is 0 Å². The summed E-state index contributed by atoms with van der Waals surface area (Å²) in [6, 6.07) is 9.50. The van der Waals surface area contributed by atoms with Crippen LogP contribution in [-0.2, 0) is 9.53 Å². The van der Waals surface area contributed by atoms with Crippen LogP contribution in [0.5, 0.6) is 0 Å². The SMILES string of the molecule is CCCCCCC1=C(O)/C(=C/c2ccccc2)OC1=O. The Hall–Kier alpha value is -2.03. The molecule has 1 heterocycles. The number of rotatable bonds is 6. The second-order valence-electron chi connectivity index (χ2n) is 4.95. The minimum absolute atomic E-state index is 0.00430. The standard InChI is InChI=1S/C17H20O3/c1-2-3-4-8-11-14-16(18)15(20-17(14)19)12-13-9-6-5-7-10-13/h5-7,9-10,12,18H,2-4,8,11H2,1H3/b15-12-. The van der Waals surface area contributed by atoms with Crippen LogP contribution in [0.1, 0.15) is 44.6 Å². The molecule has 0 bridgehead atoms. The van der Waals surface area contributed by atoms with Gasteiger partial charge in [0.05, 0.1) is 5.57 Å². The van der Waals surface area contributed by atoms with E-state index in [1.54, 1.807) is 6.08 Å². The van der Waals surface area contributed by atoms with Crippen molar-refractivity contribution in [3.05, 3.63) is 53.0 Å². The fourth-order valence-corrected chi connectivity index (χ4v) is 2.20.